The van der Waals surface area contributed by atoms with Gasteiger partial charge in [-0.3, -0.25) is 5.43 Å². The Balaban J connectivity index is 2.66. The van der Waals surface area contributed by atoms with Crippen LogP contribution in [0.1, 0.15) is 0 Å². The van der Waals surface area contributed by atoms with E-state index in [0.29, 0.717) is 0 Å². The minimum atomic E-state index is -0.235. The second-order valence-corrected chi connectivity index (χ2v) is 0.532. The number of aliphatic hydroxyl groups excluding tert-OH is 1. The molecule has 0 bridgehead atoms. The molecule has 0 aliphatic carbocycles. The molecule has 0 unspecified atom stereocenters. The van der Waals surface area contributed by atoms with Crippen LogP contribution in [-0.2, 0) is 0 Å². The van der Waals surface area contributed by atoms with Crippen molar-refractivity contribution in [1.82, 2.24) is 5.43 Å². The summed E-state index contributed by atoms with van der Waals surface area (Å²) in [6.45, 7) is -0.235. The largest absolute Gasteiger partial charge is 0.375 e. The SMILES string of the molecule is NN=NNCO. The maximum absolute atomic E-state index is 7.88. The van der Waals surface area contributed by atoms with Gasteiger partial charge in [-0.1, -0.05) is 10.4 Å². The Morgan fingerprint density at radius 2 is 2.50 bits per heavy atom. The molecule has 0 aromatic carbocycles. The van der Waals surface area contributed by atoms with Crippen molar-refractivity contribution in [2.45, 2.75) is 0 Å². The zero-order chi connectivity index (χ0) is 4.83. The van der Waals surface area contributed by atoms with Crippen molar-refractivity contribution in [3.8, 4) is 0 Å². The Labute approximate surface area is 34.8 Å². The van der Waals surface area contributed by atoms with Crippen LogP contribution >= 0.6 is 0 Å². The van der Waals surface area contributed by atoms with Gasteiger partial charge in [0.2, 0.25) is 0 Å². The molecule has 0 aromatic heterocycles. The van der Waals surface area contributed by atoms with Crippen LogP contribution in [-0.4, -0.2) is 11.8 Å². The number of nitrogens with one attached hydrogen (secondary N) is 1. The Bertz CT molecular complexity index is 42.8. The smallest absolute Gasteiger partial charge is 0.130 e. The standard InChI is InChI=1S/CH6N4O/c2-4-5-3-1-6/h6H,1H2,(H2,2,5)(H,3,4). The fourth-order valence-corrected chi connectivity index (χ4v) is 0.0724. The highest BCUT2D eigenvalue weighted by Gasteiger charge is 1.60. The van der Waals surface area contributed by atoms with E-state index in [2.05, 4.69) is 21.7 Å². The number of rotatable bonds is 2. The summed E-state index contributed by atoms with van der Waals surface area (Å²) in [5.74, 6) is 4.50. The van der Waals surface area contributed by atoms with Gasteiger partial charge in [0.25, 0.3) is 0 Å². The molecule has 5 nitrogen and oxygen atoms in total. The average molecular weight is 90.1 g/mol. The Morgan fingerprint density at radius 3 is 2.67 bits per heavy atom. The molecule has 0 atom stereocenters. The lowest BCUT2D eigenvalue weighted by molar-refractivity contribution is 0.259. The van der Waals surface area contributed by atoms with Crippen molar-refractivity contribution in [2.24, 2.45) is 16.3 Å². The molecule has 0 spiro atoms. The predicted octanol–water partition coefficient (Wildman–Crippen LogP) is -1.23. The van der Waals surface area contributed by atoms with E-state index in [4.69, 9.17) is 5.11 Å². The molecule has 4 N–H and O–H groups in total. The first-order chi connectivity index (χ1) is 2.91. The maximum atomic E-state index is 7.88. The molecule has 0 saturated heterocycles. The van der Waals surface area contributed by atoms with Crippen LogP contribution in [0.2, 0.25) is 0 Å². The zero-order valence-electron chi connectivity index (χ0n) is 3.13. The number of nitrogens with zero attached hydrogens (tertiary/aromatic N) is 2. The Morgan fingerprint density at radius 1 is 1.83 bits per heavy atom. The van der Waals surface area contributed by atoms with Gasteiger partial charge >= 0.3 is 0 Å². The fraction of sp³-hybridized carbons (Fsp3) is 1.00. The van der Waals surface area contributed by atoms with E-state index in [-0.39, 0.29) is 6.73 Å². The van der Waals surface area contributed by atoms with Gasteiger partial charge < -0.3 is 10.9 Å². The van der Waals surface area contributed by atoms with Gasteiger partial charge in [-0.2, -0.15) is 0 Å². The first-order valence-corrected chi connectivity index (χ1v) is 1.35. The van der Waals surface area contributed by atoms with Crippen molar-refractivity contribution < 1.29 is 5.11 Å². The van der Waals surface area contributed by atoms with Crippen LogP contribution in [0.5, 0.6) is 0 Å². The van der Waals surface area contributed by atoms with Crippen molar-refractivity contribution in [3.05, 3.63) is 0 Å². The molecular formula is CH6N4O. The third kappa shape index (κ3) is 3.16. The predicted molar refractivity (Wildman–Crippen MR) is 19.3 cm³/mol. The van der Waals surface area contributed by atoms with Crippen LogP contribution in [0.3, 0.4) is 0 Å². The molecule has 36 valence electrons. The van der Waals surface area contributed by atoms with Crippen molar-refractivity contribution in [2.75, 3.05) is 6.73 Å². The lowest BCUT2D eigenvalue weighted by atomic mass is 11.4. The molecule has 5 heteroatoms. The van der Waals surface area contributed by atoms with Gasteiger partial charge in [-0.25, -0.2) is 0 Å². The van der Waals surface area contributed by atoms with E-state index >= 15 is 0 Å². The second kappa shape index (κ2) is 4.16. The first-order valence-electron chi connectivity index (χ1n) is 1.35. The van der Waals surface area contributed by atoms with E-state index in [1.807, 2.05) is 0 Å². The molecule has 0 heterocycles. The topological polar surface area (TPSA) is 83.0 Å². The molecule has 0 radical (unpaired) electrons. The minimum absolute atomic E-state index is 0.235. The molecule has 0 aliphatic heterocycles. The van der Waals surface area contributed by atoms with Crippen LogP contribution in [0, 0.1) is 0 Å². The van der Waals surface area contributed by atoms with Gasteiger partial charge in [-0.05, 0) is 0 Å². The molecule has 0 amide bonds. The van der Waals surface area contributed by atoms with Crippen LogP contribution in [0.15, 0.2) is 10.4 Å². The Kier molecular flexibility index (Phi) is 3.58. The quantitative estimate of drug-likeness (QED) is 0.172. The molecule has 0 saturated carbocycles. The summed E-state index contributed by atoms with van der Waals surface area (Å²) in [7, 11) is 0. The highest BCUT2D eigenvalue weighted by atomic mass is 16.3. The summed E-state index contributed by atoms with van der Waals surface area (Å²) in [5, 5.41) is 13.6. The summed E-state index contributed by atoms with van der Waals surface area (Å²) in [5.41, 5.74) is 2.09. The lowest BCUT2D eigenvalue weighted by Crippen LogP contribution is -2.04. The number of hydrogen-bond acceptors (Lipinski definition) is 3. The summed E-state index contributed by atoms with van der Waals surface area (Å²) < 4.78 is 0. The van der Waals surface area contributed by atoms with Gasteiger partial charge in [-0.15, -0.1) is 0 Å². The molecule has 0 aliphatic rings. The van der Waals surface area contributed by atoms with Crippen molar-refractivity contribution in [1.29, 1.82) is 0 Å². The summed E-state index contributed by atoms with van der Waals surface area (Å²) in [6, 6.07) is 0. The summed E-state index contributed by atoms with van der Waals surface area (Å²) in [6.07, 6.45) is 0. The first kappa shape index (κ1) is 5.16. The zero-order valence-corrected chi connectivity index (χ0v) is 3.13. The molecule has 0 rings (SSSR count). The van der Waals surface area contributed by atoms with Crippen LogP contribution < -0.4 is 11.3 Å². The molecule has 6 heavy (non-hydrogen) atoms. The van der Waals surface area contributed by atoms with E-state index < -0.39 is 0 Å². The fourth-order valence-electron chi connectivity index (χ4n) is 0.0724. The van der Waals surface area contributed by atoms with Crippen LogP contribution in [0.4, 0.5) is 0 Å². The highest BCUT2D eigenvalue weighted by molar-refractivity contribution is 4.05. The van der Waals surface area contributed by atoms with Gasteiger partial charge in [0.15, 0.2) is 0 Å². The third-order valence-electron chi connectivity index (χ3n) is 0.199. The Hall–Kier alpha value is -0.840. The summed E-state index contributed by atoms with van der Waals surface area (Å²) in [4.78, 5) is 0. The monoisotopic (exact) mass is 90.1 g/mol. The van der Waals surface area contributed by atoms with Gasteiger partial charge in [0.1, 0.15) is 6.73 Å². The van der Waals surface area contributed by atoms with Gasteiger partial charge in [0, 0.05) is 0 Å². The highest BCUT2D eigenvalue weighted by Crippen LogP contribution is 1.49. The van der Waals surface area contributed by atoms with E-state index in [1.54, 1.807) is 0 Å². The minimum Gasteiger partial charge on any atom is -0.375 e. The molecule has 0 aromatic rings. The summed E-state index contributed by atoms with van der Waals surface area (Å²) >= 11 is 0. The molecular weight excluding hydrogens is 84.0 g/mol. The van der Waals surface area contributed by atoms with Crippen LogP contribution in [0.25, 0.3) is 0 Å². The molecule has 0 fully saturated rings. The maximum Gasteiger partial charge on any atom is 0.130 e. The van der Waals surface area contributed by atoms with E-state index in [1.165, 1.54) is 0 Å². The normalized spacial score (nSPS) is 9.50. The third-order valence-corrected chi connectivity index (χ3v) is 0.199. The second-order valence-electron chi connectivity index (χ2n) is 0.532. The van der Waals surface area contributed by atoms with Crippen molar-refractivity contribution >= 4 is 0 Å². The number of nitrogens with two attached hydrogens (primary N) is 1. The van der Waals surface area contributed by atoms with E-state index in [9.17, 15) is 0 Å². The number of aliphatic hydroxyl groups is 1. The average Bonchev–Trinajstić information content (AvgIpc) is 1.61. The van der Waals surface area contributed by atoms with Crippen molar-refractivity contribution in [3.63, 3.8) is 0 Å². The van der Waals surface area contributed by atoms with E-state index in [0.717, 1.165) is 0 Å². The lowest BCUT2D eigenvalue weighted by Gasteiger charge is -1.82. The van der Waals surface area contributed by atoms with Gasteiger partial charge in [0.05, 0.1) is 0 Å². The number of hydrogen-bond donors (Lipinski definition) is 3.